The van der Waals surface area contributed by atoms with Gasteiger partial charge in [-0.25, -0.2) is 13.4 Å². The van der Waals surface area contributed by atoms with Gasteiger partial charge < -0.3 is 0 Å². The molecule has 0 saturated carbocycles. The average molecular weight is 456 g/mol. The molecule has 2 heterocycles. The zero-order valence-electron chi connectivity index (χ0n) is 17.6. The van der Waals surface area contributed by atoms with Crippen molar-refractivity contribution in [2.75, 3.05) is 21.9 Å². The molecule has 0 unspecified atom stereocenters. The SMILES string of the molecule is CCCc1ccc(-c2nc(NC(=O)c3cccc(N4CCCS4(=O)=O)c3)sc2C)cc1. The summed E-state index contributed by atoms with van der Waals surface area (Å²) in [4.78, 5) is 18.5. The Balaban J connectivity index is 1.52. The van der Waals surface area contributed by atoms with Crippen LogP contribution in [-0.2, 0) is 16.4 Å². The van der Waals surface area contributed by atoms with Gasteiger partial charge in [-0.3, -0.25) is 14.4 Å². The third-order valence-electron chi connectivity index (χ3n) is 5.28. The first-order chi connectivity index (χ1) is 14.9. The summed E-state index contributed by atoms with van der Waals surface area (Å²) < 4.78 is 25.7. The number of nitrogens with one attached hydrogen (secondary N) is 1. The second-order valence-corrected chi connectivity index (χ2v) is 10.8. The monoisotopic (exact) mass is 455 g/mol. The minimum atomic E-state index is -3.29. The maximum absolute atomic E-state index is 12.8. The van der Waals surface area contributed by atoms with Crippen LogP contribution in [-0.4, -0.2) is 31.6 Å². The molecule has 0 atom stereocenters. The molecule has 1 fully saturated rings. The zero-order chi connectivity index (χ0) is 22.0. The largest absolute Gasteiger partial charge is 0.298 e. The Bertz CT molecular complexity index is 1200. The molecule has 1 aliphatic rings. The van der Waals surface area contributed by atoms with E-state index in [-0.39, 0.29) is 11.7 Å². The molecule has 0 spiro atoms. The number of carbonyl (C=O) groups excluding carboxylic acids is 1. The number of amides is 1. The number of aromatic nitrogens is 1. The van der Waals surface area contributed by atoms with E-state index in [0.29, 0.717) is 29.3 Å². The predicted molar refractivity (Wildman–Crippen MR) is 126 cm³/mol. The molecule has 1 aliphatic heterocycles. The van der Waals surface area contributed by atoms with E-state index >= 15 is 0 Å². The Labute approximate surface area is 187 Å². The lowest BCUT2D eigenvalue weighted by atomic mass is 10.1. The summed E-state index contributed by atoms with van der Waals surface area (Å²) in [5, 5.41) is 3.38. The quantitative estimate of drug-likeness (QED) is 0.575. The molecule has 1 saturated heterocycles. The standard InChI is InChI=1S/C23H25N3O3S2/c1-3-6-17-9-11-18(12-10-17)21-16(2)30-23(24-21)25-22(27)19-7-4-8-20(15-19)26-13-5-14-31(26,28)29/h4,7-12,15H,3,5-6,13-14H2,1-2H3,(H,24,25,27). The molecule has 162 valence electrons. The molecular formula is C23H25N3O3S2. The lowest BCUT2D eigenvalue weighted by Crippen LogP contribution is -2.25. The minimum absolute atomic E-state index is 0.143. The molecule has 0 radical (unpaired) electrons. The van der Waals surface area contributed by atoms with Gasteiger partial charge in [-0.1, -0.05) is 43.7 Å². The topological polar surface area (TPSA) is 79.4 Å². The van der Waals surface area contributed by atoms with Crippen LogP contribution in [0.25, 0.3) is 11.3 Å². The van der Waals surface area contributed by atoms with E-state index < -0.39 is 10.0 Å². The molecule has 0 bridgehead atoms. The lowest BCUT2D eigenvalue weighted by molar-refractivity contribution is 0.102. The van der Waals surface area contributed by atoms with Crippen LogP contribution in [0.1, 0.15) is 40.6 Å². The second-order valence-electron chi connectivity index (χ2n) is 7.62. The van der Waals surface area contributed by atoms with Gasteiger partial charge in [0.15, 0.2) is 5.13 Å². The first kappa shape index (κ1) is 21.5. The van der Waals surface area contributed by atoms with Gasteiger partial charge in [-0.15, -0.1) is 11.3 Å². The van der Waals surface area contributed by atoms with Crippen LogP contribution >= 0.6 is 11.3 Å². The number of anilines is 2. The average Bonchev–Trinajstić information content (AvgIpc) is 3.30. The highest BCUT2D eigenvalue weighted by atomic mass is 32.2. The van der Waals surface area contributed by atoms with Crippen molar-refractivity contribution in [2.45, 2.75) is 33.1 Å². The lowest BCUT2D eigenvalue weighted by Gasteiger charge is -2.17. The van der Waals surface area contributed by atoms with Gasteiger partial charge in [0.1, 0.15) is 0 Å². The number of carbonyl (C=O) groups is 1. The van der Waals surface area contributed by atoms with E-state index in [1.807, 2.05) is 6.92 Å². The third kappa shape index (κ3) is 4.65. The fourth-order valence-corrected chi connectivity index (χ4v) is 6.12. The smallest absolute Gasteiger partial charge is 0.257 e. The van der Waals surface area contributed by atoms with Crippen LogP contribution in [0.3, 0.4) is 0 Å². The fraction of sp³-hybridized carbons (Fsp3) is 0.304. The van der Waals surface area contributed by atoms with Gasteiger partial charge in [0.05, 0.1) is 17.1 Å². The van der Waals surface area contributed by atoms with E-state index in [1.165, 1.54) is 21.2 Å². The summed E-state index contributed by atoms with van der Waals surface area (Å²) in [5.41, 5.74) is 4.11. The van der Waals surface area contributed by atoms with Gasteiger partial charge in [0.2, 0.25) is 10.0 Å². The first-order valence-electron chi connectivity index (χ1n) is 10.4. The van der Waals surface area contributed by atoms with Gasteiger partial charge in [-0.2, -0.15) is 0 Å². The molecule has 8 heteroatoms. The van der Waals surface area contributed by atoms with Gasteiger partial charge >= 0.3 is 0 Å². The fourth-order valence-electron chi connectivity index (χ4n) is 3.74. The second kappa shape index (κ2) is 8.80. The summed E-state index contributed by atoms with van der Waals surface area (Å²) >= 11 is 1.43. The van der Waals surface area contributed by atoms with Crippen LogP contribution in [0.4, 0.5) is 10.8 Å². The maximum Gasteiger partial charge on any atom is 0.257 e. The van der Waals surface area contributed by atoms with Crippen molar-refractivity contribution in [1.82, 2.24) is 4.98 Å². The van der Waals surface area contributed by atoms with E-state index in [4.69, 9.17) is 0 Å². The summed E-state index contributed by atoms with van der Waals surface area (Å²) in [6.45, 7) is 4.59. The van der Waals surface area contributed by atoms with E-state index in [0.717, 1.165) is 29.0 Å². The van der Waals surface area contributed by atoms with Crippen LogP contribution < -0.4 is 9.62 Å². The number of rotatable bonds is 6. The van der Waals surface area contributed by atoms with Crippen LogP contribution in [0.15, 0.2) is 48.5 Å². The Morgan fingerprint density at radius 1 is 1.19 bits per heavy atom. The molecule has 1 amide bonds. The summed E-state index contributed by atoms with van der Waals surface area (Å²) in [6.07, 6.45) is 2.75. The molecule has 1 aromatic heterocycles. The highest BCUT2D eigenvalue weighted by Gasteiger charge is 2.28. The number of benzene rings is 2. The predicted octanol–water partition coefficient (Wildman–Crippen LogP) is 4.86. The molecule has 2 aromatic carbocycles. The Morgan fingerprint density at radius 3 is 2.65 bits per heavy atom. The molecular weight excluding hydrogens is 430 g/mol. The van der Waals surface area contributed by atoms with Crippen LogP contribution in [0, 0.1) is 6.92 Å². The van der Waals surface area contributed by atoms with Crippen molar-refractivity contribution in [2.24, 2.45) is 0 Å². The van der Waals surface area contributed by atoms with E-state index in [2.05, 4.69) is 41.5 Å². The summed E-state index contributed by atoms with van der Waals surface area (Å²) in [6, 6.07) is 15.1. The molecule has 6 nitrogen and oxygen atoms in total. The number of nitrogens with zero attached hydrogens (tertiary/aromatic N) is 2. The van der Waals surface area contributed by atoms with Gasteiger partial charge in [0.25, 0.3) is 5.91 Å². The number of thiazole rings is 1. The number of hydrogen-bond acceptors (Lipinski definition) is 5. The van der Waals surface area contributed by atoms with Crippen molar-refractivity contribution in [3.8, 4) is 11.3 Å². The molecule has 4 rings (SSSR count). The van der Waals surface area contributed by atoms with Crippen molar-refractivity contribution in [1.29, 1.82) is 0 Å². The number of sulfonamides is 1. The van der Waals surface area contributed by atoms with E-state index in [9.17, 15) is 13.2 Å². The Kier molecular flexibility index (Phi) is 6.11. The van der Waals surface area contributed by atoms with Crippen molar-refractivity contribution >= 4 is 38.1 Å². The number of aryl methyl sites for hydroxylation is 2. The maximum atomic E-state index is 12.8. The zero-order valence-corrected chi connectivity index (χ0v) is 19.2. The first-order valence-corrected chi connectivity index (χ1v) is 12.8. The molecule has 1 N–H and O–H groups in total. The Hall–Kier alpha value is -2.71. The highest BCUT2D eigenvalue weighted by molar-refractivity contribution is 7.93. The molecule has 0 aliphatic carbocycles. The van der Waals surface area contributed by atoms with Crippen molar-refractivity contribution in [3.63, 3.8) is 0 Å². The van der Waals surface area contributed by atoms with Crippen LogP contribution in [0.5, 0.6) is 0 Å². The van der Waals surface area contributed by atoms with Gasteiger partial charge in [0, 0.05) is 22.5 Å². The normalized spacial score (nSPS) is 15.2. The molecule has 3 aromatic rings. The van der Waals surface area contributed by atoms with Crippen molar-refractivity contribution < 1.29 is 13.2 Å². The summed E-state index contributed by atoms with van der Waals surface area (Å²) in [7, 11) is -3.29. The van der Waals surface area contributed by atoms with Crippen molar-refractivity contribution in [3.05, 3.63) is 64.5 Å². The van der Waals surface area contributed by atoms with Crippen LogP contribution in [0.2, 0.25) is 0 Å². The third-order valence-corrected chi connectivity index (χ3v) is 8.03. The number of hydrogen-bond donors (Lipinski definition) is 1. The Morgan fingerprint density at radius 2 is 1.97 bits per heavy atom. The summed E-state index contributed by atoms with van der Waals surface area (Å²) in [5.74, 6) is -0.165. The van der Waals surface area contributed by atoms with Gasteiger partial charge in [-0.05, 0) is 43.5 Å². The molecule has 31 heavy (non-hydrogen) atoms. The highest BCUT2D eigenvalue weighted by Crippen LogP contribution is 2.31. The minimum Gasteiger partial charge on any atom is -0.298 e. The van der Waals surface area contributed by atoms with E-state index in [1.54, 1.807) is 24.3 Å².